The number of hydrogen-bond donors (Lipinski definition) is 1. The first kappa shape index (κ1) is 24.6. The zero-order valence-electron chi connectivity index (χ0n) is 16.1. The fourth-order valence-electron chi connectivity index (χ4n) is 2.59. The lowest BCUT2D eigenvalue weighted by Crippen LogP contribution is -2.52. The number of carbonyl (C=O) groups is 1. The van der Waals surface area contributed by atoms with E-state index in [0.29, 0.717) is 13.2 Å². The molecule has 1 aliphatic rings. The number of likely N-dealkylation sites (N-methyl/N-ethyl adjacent to an activating group) is 1. The Bertz CT molecular complexity index is 606. The molecule has 1 aliphatic heterocycles. The second kappa shape index (κ2) is 12.9. The summed E-state index contributed by atoms with van der Waals surface area (Å²) in [5.41, 5.74) is 0. The Morgan fingerprint density at radius 3 is 2.59 bits per heavy atom. The van der Waals surface area contributed by atoms with Crippen LogP contribution in [0.1, 0.15) is 4.88 Å². The molecular weight excluding hydrogens is 545 g/mol. The molecule has 1 aromatic heterocycles. The van der Waals surface area contributed by atoms with Gasteiger partial charge in [-0.1, -0.05) is 0 Å². The fourth-order valence-corrected chi connectivity index (χ4v) is 4.12. The number of ether oxygens (including phenoxy) is 1. The molecule has 2 rings (SSSR count). The van der Waals surface area contributed by atoms with E-state index in [1.165, 1.54) is 8.66 Å². The van der Waals surface area contributed by atoms with E-state index >= 15 is 0 Å². The zero-order valence-corrected chi connectivity index (χ0v) is 20.8. The number of rotatable bonds is 7. The van der Waals surface area contributed by atoms with Crippen LogP contribution in [-0.2, 0) is 16.1 Å². The van der Waals surface area contributed by atoms with Crippen molar-refractivity contribution in [1.82, 2.24) is 20.0 Å². The summed E-state index contributed by atoms with van der Waals surface area (Å²) >= 11 is 5.31. The number of nitrogens with one attached hydrogen (secondary N) is 1. The highest BCUT2D eigenvalue weighted by molar-refractivity contribution is 14.0. The maximum absolute atomic E-state index is 11.9. The van der Waals surface area contributed by atoms with Crippen LogP contribution in [0.5, 0.6) is 0 Å². The number of piperazine rings is 1. The van der Waals surface area contributed by atoms with E-state index in [9.17, 15) is 4.79 Å². The van der Waals surface area contributed by atoms with Crippen molar-refractivity contribution in [2.45, 2.75) is 6.54 Å². The fraction of sp³-hybridized carbons (Fsp3) is 0.647. The average molecular weight is 574 g/mol. The first-order valence-electron chi connectivity index (χ1n) is 8.68. The molecule has 0 aromatic carbocycles. The lowest BCUT2D eigenvalue weighted by atomic mass is 10.3. The quantitative estimate of drug-likeness (QED) is 0.234. The van der Waals surface area contributed by atoms with E-state index in [1.807, 2.05) is 0 Å². The Kier molecular flexibility index (Phi) is 11.8. The van der Waals surface area contributed by atoms with Gasteiger partial charge in [0.15, 0.2) is 5.96 Å². The van der Waals surface area contributed by atoms with E-state index in [2.05, 4.69) is 48.2 Å². The normalized spacial score (nSPS) is 15.4. The molecule has 2 heterocycles. The van der Waals surface area contributed by atoms with Gasteiger partial charge in [-0.3, -0.25) is 9.69 Å². The van der Waals surface area contributed by atoms with Gasteiger partial charge in [-0.2, -0.15) is 0 Å². The van der Waals surface area contributed by atoms with Crippen molar-refractivity contribution in [3.05, 3.63) is 20.8 Å². The van der Waals surface area contributed by atoms with Gasteiger partial charge in [-0.15, -0.1) is 35.3 Å². The monoisotopic (exact) mass is 573 g/mol. The van der Waals surface area contributed by atoms with Gasteiger partial charge >= 0.3 is 0 Å². The Balaban J connectivity index is 0.00000364. The maximum Gasteiger partial charge on any atom is 0.243 e. The first-order valence-corrected chi connectivity index (χ1v) is 10.3. The van der Waals surface area contributed by atoms with Crippen molar-refractivity contribution in [2.75, 3.05) is 67.1 Å². The molecule has 0 radical (unpaired) electrons. The lowest BCUT2D eigenvalue weighted by molar-refractivity contribution is -0.127. The van der Waals surface area contributed by atoms with Crippen LogP contribution in [0.2, 0.25) is 0 Å². The minimum absolute atomic E-state index is 0. The number of amides is 1. The van der Waals surface area contributed by atoms with Gasteiger partial charge < -0.3 is 19.9 Å². The molecule has 27 heavy (non-hydrogen) atoms. The molecule has 0 aliphatic carbocycles. The van der Waals surface area contributed by atoms with Crippen LogP contribution < -0.4 is 5.32 Å². The molecule has 154 valence electrons. The molecule has 1 saturated heterocycles. The Labute approximate surface area is 191 Å². The molecule has 0 saturated carbocycles. The Hall–Kier alpha value is -0.430. The van der Waals surface area contributed by atoms with Gasteiger partial charge in [0.1, 0.15) is 6.54 Å². The van der Waals surface area contributed by atoms with Crippen LogP contribution in [0.3, 0.4) is 0 Å². The molecule has 0 unspecified atom stereocenters. The third-order valence-corrected chi connectivity index (χ3v) is 5.74. The minimum Gasteiger partial charge on any atom is -0.383 e. The number of methoxy groups -OCH3 is 1. The smallest absolute Gasteiger partial charge is 0.243 e. The van der Waals surface area contributed by atoms with Crippen molar-refractivity contribution in [3.63, 3.8) is 0 Å². The summed E-state index contributed by atoms with van der Waals surface area (Å²) in [7, 11) is 5.17. The lowest BCUT2D eigenvalue weighted by Gasteiger charge is -2.36. The standard InChI is InChI=1S/C17H28BrN5O2S.HI/c1-21(2)16(24)12-20-17(19-6-11-25-3)23-9-7-22(8-10-23)13-14-4-5-15(18)26-14;/h4-5H,6-13H2,1-3H3,(H,19,20);1H. The number of hydrogen-bond acceptors (Lipinski definition) is 5. The topological polar surface area (TPSA) is 60.4 Å². The third-order valence-electron chi connectivity index (χ3n) is 4.13. The van der Waals surface area contributed by atoms with Crippen LogP contribution >= 0.6 is 51.2 Å². The van der Waals surface area contributed by atoms with Crippen molar-refractivity contribution in [3.8, 4) is 0 Å². The summed E-state index contributed by atoms with van der Waals surface area (Å²) < 4.78 is 6.28. The van der Waals surface area contributed by atoms with Crippen LogP contribution in [0.25, 0.3) is 0 Å². The van der Waals surface area contributed by atoms with Gasteiger partial charge in [-0.05, 0) is 28.1 Å². The summed E-state index contributed by atoms with van der Waals surface area (Å²) in [6, 6.07) is 4.27. The molecule has 7 nitrogen and oxygen atoms in total. The van der Waals surface area contributed by atoms with E-state index in [-0.39, 0.29) is 36.4 Å². The molecule has 0 spiro atoms. The highest BCUT2D eigenvalue weighted by Crippen LogP contribution is 2.23. The number of thiophene rings is 1. The SMILES string of the molecule is COCCNC(=NCC(=O)N(C)C)N1CCN(Cc2ccc(Br)s2)CC1.I. The molecule has 10 heteroatoms. The molecule has 1 N–H and O–H groups in total. The number of halogens is 2. The van der Waals surface area contributed by atoms with Gasteiger partial charge in [0.25, 0.3) is 0 Å². The first-order chi connectivity index (χ1) is 12.5. The molecular formula is C17H29BrIN5O2S. The van der Waals surface area contributed by atoms with Gasteiger partial charge in [0.2, 0.25) is 5.91 Å². The summed E-state index contributed by atoms with van der Waals surface area (Å²) in [4.78, 5) is 24.0. The largest absolute Gasteiger partial charge is 0.383 e. The van der Waals surface area contributed by atoms with Crippen LogP contribution in [0.4, 0.5) is 0 Å². The third kappa shape index (κ3) is 8.63. The van der Waals surface area contributed by atoms with Crippen LogP contribution in [-0.4, -0.2) is 93.6 Å². The highest BCUT2D eigenvalue weighted by Gasteiger charge is 2.20. The maximum atomic E-state index is 11.9. The Morgan fingerprint density at radius 2 is 2.04 bits per heavy atom. The number of aliphatic imine (C=N–C) groups is 1. The Morgan fingerprint density at radius 1 is 1.33 bits per heavy atom. The molecule has 0 bridgehead atoms. The summed E-state index contributed by atoms with van der Waals surface area (Å²) in [5.74, 6) is 0.786. The van der Waals surface area contributed by atoms with Crippen LogP contribution in [0, 0.1) is 0 Å². The van der Waals surface area contributed by atoms with Gasteiger partial charge in [0.05, 0.1) is 10.4 Å². The van der Waals surface area contributed by atoms with Gasteiger partial charge in [-0.25, -0.2) is 4.99 Å². The van der Waals surface area contributed by atoms with Gasteiger partial charge in [0, 0.05) is 65.4 Å². The van der Waals surface area contributed by atoms with Crippen molar-refractivity contribution in [1.29, 1.82) is 0 Å². The van der Waals surface area contributed by atoms with E-state index in [1.54, 1.807) is 37.4 Å². The predicted octanol–water partition coefficient (Wildman–Crippen LogP) is 1.93. The molecule has 1 amide bonds. The van der Waals surface area contributed by atoms with Crippen LogP contribution in [0.15, 0.2) is 20.9 Å². The summed E-state index contributed by atoms with van der Waals surface area (Å²) in [6.07, 6.45) is 0. The molecule has 1 fully saturated rings. The average Bonchev–Trinajstić information content (AvgIpc) is 3.03. The molecule has 1 aromatic rings. The van der Waals surface area contributed by atoms with E-state index in [0.717, 1.165) is 38.7 Å². The summed E-state index contributed by atoms with van der Waals surface area (Å²) in [6.45, 7) is 6.15. The zero-order chi connectivity index (χ0) is 18.9. The second-order valence-corrected chi connectivity index (χ2v) is 8.86. The predicted molar refractivity (Wildman–Crippen MR) is 125 cm³/mol. The second-order valence-electron chi connectivity index (χ2n) is 6.32. The highest BCUT2D eigenvalue weighted by atomic mass is 127. The van der Waals surface area contributed by atoms with Crippen molar-refractivity contribution < 1.29 is 9.53 Å². The van der Waals surface area contributed by atoms with E-state index < -0.39 is 0 Å². The number of carbonyl (C=O) groups excluding carboxylic acids is 1. The molecule has 0 atom stereocenters. The van der Waals surface area contributed by atoms with Crippen molar-refractivity contribution >= 4 is 63.1 Å². The van der Waals surface area contributed by atoms with Crippen molar-refractivity contribution in [2.24, 2.45) is 4.99 Å². The minimum atomic E-state index is -0.00190. The number of nitrogens with zero attached hydrogens (tertiary/aromatic N) is 4. The number of guanidine groups is 1. The van der Waals surface area contributed by atoms with E-state index in [4.69, 9.17) is 4.74 Å². The summed E-state index contributed by atoms with van der Waals surface area (Å²) in [5, 5.41) is 3.31.